The fraction of sp³-hybridized carbons (Fsp3) is 0.750. The smallest absolute Gasteiger partial charge is 0.317 e. The maximum atomic E-state index is 11.8. The number of nitrogens with zero attached hydrogens (tertiary/aromatic N) is 1. The van der Waals surface area contributed by atoms with Crippen LogP contribution in [0.25, 0.3) is 0 Å². The highest BCUT2D eigenvalue weighted by Gasteiger charge is 2.18. The first kappa shape index (κ1) is 11.9. The predicted molar refractivity (Wildman–Crippen MR) is 61.5 cm³/mol. The lowest BCUT2D eigenvalue weighted by atomic mass is 10.1. The van der Waals surface area contributed by atoms with E-state index in [9.17, 15) is 4.79 Å². The average molecular weight is 208 g/mol. The second-order valence-electron chi connectivity index (χ2n) is 4.01. The minimum absolute atomic E-state index is 0.0526. The topological polar surface area (TPSA) is 32.3 Å². The Bertz CT molecular complexity index is 238. The summed E-state index contributed by atoms with van der Waals surface area (Å²) in [6.07, 6.45) is 10.2. The van der Waals surface area contributed by atoms with Crippen LogP contribution in [0.5, 0.6) is 0 Å². The van der Waals surface area contributed by atoms with Gasteiger partial charge in [-0.25, -0.2) is 4.79 Å². The minimum Gasteiger partial charge on any atom is -0.334 e. The first-order chi connectivity index (χ1) is 7.27. The summed E-state index contributed by atoms with van der Waals surface area (Å²) >= 11 is 0. The van der Waals surface area contributed by atoms with Crippen molar-refractivity contribution in [1.82, 2.24) is 10.2 Å². The van der Waals surface area contributed by atoms with E-state index in [2.05, 4.69) is 11.2 Å². The molecule has 1 atom stereocenters. The monoisotopic (exact) mass is 208 g/mol. The number of carbonyl (C=O) groups is 1. The maximum absolute atomic E-state index is 11.8. The van der Waals surface area contributed by atoms with E-state index >= 15 is 0 Å². The van der Waals surface area contributed by atoms with Crippen molar-refractivity contribution in [2.45, 2.75) is 45.1 Å². The van der Waals surface area contributed by atoms with E-state index in [0.717, 1.165) is 32.4 Å². The fourth-order valence-corrected chi connectivity index (χ4v) is 1.80. The quantitative estimate of drug-likeness (QED) is 0.707. The number of piperidine rings is 1. The van der Waals surface area contributed by atoms with E-state index in [4.69, 9.17) is 6.42 Å². The van der Waals surface area contributed by atoms with Crippen LogP contribution in [0.4, 0.5) is 4.79 Å². The highest BCUT2D eigenvalue weighted by Crippen LogP contribution is 2.09. The van der Waals surface area contributed by atoms with Crippen molar-refractivity contribution in [2.24, 2.45) is 0 Å². The maximum Gasteiger partial charge on any atom is 0.317 e. The van der Waals surface area contributed by atoms with Gasteiger partial charge in [-0.05, 0) is 25.7 Å². The molecule has 0 aromatic heterocycles. The molecule has 0 spiro atoms. The molecular formula is C12H20N2O. The number of likely N-dealkylation sites (tertiary alicyclic amines) is 1. The van der Waals surface area contributed by atoms with Crippen LogP contribution in [0.3, 0.4) is 0 Å². The molecule has 84 valence electrons. The Morgan fingerprint density at radius 1 is 1.47 bits per heavy atom. The van der Waals surface area contributed by atoms with E-state index in [0.29, 0.717) is 6.42 Å². The van der Waals surface area contributed by atoms with Crippen molar-refractivity contribution >= 4 is 6.03 Å². The second kappa shape index (κ2) is 6.34. The SMILES string of the molecule is C#CCC(CC)NC(=O)N1CCCCC1. The van der Waals surface area contributed by atoms with Gasteiger partial charge in [0.15, 0.2) is 0 Å². The number of hydrogen-bond donors (Lipinski definition) is 1. The number of hydrogen-bond acceptors (Lipinski definition) is 1. The predicted octanol–water partition coefficient (Wildman–Crippen LogP) is 1.98. The number of carbonyl (C=O) groups excluding carboxylic acids is 1. The average Bonchev–Trinajstić information content (AvgIpc) is 2.29. The molecule has 1 fully saturated rings. The normalized spacial score (nSPS) is 18.0. The van der Waals surface area contributed by atoms with E-state index in [1.54, 1.807) is 0 Å². The zero-order valence-electron chi connectivity index (χ0n) is 9.46. The Kier molecular flexibility index (Phi) is 5.03. The summed E-state index contributed by atoms with van der Waals surface area (Å²) in [7, 11) is 0. The summed E-state index contributed by atoms with van der Waals surface area (Å²) in [5.41, 5.74) is 0. The Morgan fingerprint density at radius 3 is 2.67 bits per heavy atom. The largest absolute Gasteiger partial charge is 0.334 e. The summed E-state index contributed by atoms with van der Waals surface area (Å²) in [6, 6.07) is 0.182. The van der Waals surface area contributed by atoms with Gasteiger partial charge < -0.3 is 10.2 Å². The molecule has 1 saturated heterocycles. The molecule has 0 radical (unpaired) electrons. The Balaban J connectivity index is 2.35. The zero-order chi connectivity index (χ0) is 11.1. The third-order valence-electron chi connectivity index (χ3n) is 2.83. The number of nitrogens with one attached hydrogen (secondary N) is 1. The van der Waals surface area contributed by atoms with Gasteiger partial charge in [-0.3, -0.25) is 0 Å². The van der Waals surface area contributed by atoms with E-state index in [1.807, 2.05) is 11.8 Å². The van der Waals surface area contributed by atoms with Crippen molar-refractivity contribution in [1.29, 1.82) is 0 Å². The van der Waals surface area contributed by atoms with Gasteiger partial charge in [-0.1, -0.05) is 6.92 Å². The molecule has 0 aromatic carbocycles. The summed E-state index contributed by atoms with van der Waals surface area (Å²) in [6.45, 7) is 3.81. The lowest BCUT2D eigenvalue weighted by Gasteiger charge is -2.28. The van der Waals surface area contributed by atoms with Crippen LogP contribution in [-0.4, -0.2) is 30.1 Å². The van der Waals surface area contributed by atoms with Gasteiger partial charge in [0.05, 0.1) is 0 Å². The standard InChI is InChI=1S/C12H20N2O/c1-3-8-11(4-2)13-12(15)14-9-6-5-7-10-14/h1,11H,4-10H2,2H3,(H,13,15). The molecule has 1 aliphatic heterocycles. The van der Waals surface area contributed by atoms with Crippen molar-refractivity contribution in [3.05, 3.63) is 0 Å². The third kappa shape index (κ3) is 3.83. The van der Waals surface area contributed by atoms with Crippen molar-refractivity contribution in [3.63, 3.8) is 0 Å². The second-order valence-corrected chi connectivity index (χ2v) is 4.01. The van der Waals surface area contributed by atoms with E-state index in [-0.39, 0.29) is 12.1 Å². The molecule has 0 aromatic rings. The first-order valence-corrected chi connectivity index (χ1v) is 5.76. The fourth-order valence-electron chi connectivity index (χ4n) is 1.80. The van der Waals surface area contributed by atoms with Crippen molar-refractivity contribution < 1.29 is 4.79 Å². The summed E-state index contributed by atoms with van der Waals surface area (Å²) < 4.78 is 0. The van der Waals surface area contributed by atoms with Crippen LogP contribution in [-0.2, 0) is 0 Å². The molecule has 2 amide bonds. The van der Waals surface area contributed by atoms with Gasteiger partial charge in [0.1, 0.15) is 0 Å². The molecule has 3 nitrogen and oxygen atoms in total. The Morgan fingerprint density at radius 2 is 2.13 bits per heavy atom. The molecule has 1 rings (SSSR count). The molecule has 1 N–H and O–H groups in total. The van der Waals surface area contributed by atoms with E-state index in [1.165, 1.54) is 6.42 Å². The number of amides is 2. The van der Waals surface area contributed by atoms with E-state index < -0.39 is 0 Å². The lowest BCUT2D eigenvalue weighted by Crippen LogP contribution is -2.46. The molecule has 0 saturated carbocycles. The van der Waals surface area contributed by atoms with Crippen LogP contribution in [0.15, 0.2) is 0 Å². The molecule has 1 heterocycles. The van der Waals surface area contributed by atoms with Gasteiger partial charge >= 0.3 is 6.03 Å². The van der Waals surface area contributed by atoms with Crippen LogP contribution in [0.2, 0.25) is 0 Å². The third-order valence-corrected chi connectivity index (χ3v) is 2.83. The Labute approximate surface area is 92.2 Å². The molecule has 15 heavy (non-hydrogen) atoms. The van der Waals surface area contributed by atoms with Crippen LogP contribution >= 0.6 is 0 Å². The number of terminal acetylenes is 1. The van der Waals surface area contributed by atoms with Crippen LogP contribution < -0.4 is 5.32 Å². The lowest BCUT2D eigenvalue weighted by molar-refractivity contribution is 0.182. The van der Waals surface area contributed by atoms with Crippen molar-refractivity contribution in [3.8, 4) is 12.3 Å². The molecule has 3 heteroatoms. The van der Waals surface area contributed by atoms with Gasteiger partial charge in [0.2, 0.25) is 0 Å². The highest BCUT2D eigenvalue weighted by atomic mass is 16.2. The van der Waals surface area contributed by atoms with Gasteiger partial charge in [-0.15, -0.1) is 12.3 Å². The number of urea groups is 1. The van der Waals surface area contributed by atoms with Crippen LogP contribution in [0.1, 0.15) is 39.0 Å². The van der Waals surface area contributed by atoms with Gasteiger partial charge in [0.25, 0.3) is 0 Å². The zero-order valence-corrected chi connectivity index (χ0v) is 9.46. The van der Waals surface area contributed by atoms with Crippen LogP contribution in [0, 0.1) is 12.3 Å². The molecule has 0 aliphatic carbocycles. The molecule has 1 unspecified atom stereocenters. The minimum atomic E-state index is 0.0526. The summed E-state index contributed by atoms with van der Waals surface area (Å²) in [5.74, 6) is 2.59. The van der Waals surface area contributed by atoms with Gasteiger partial charge in [0, 0.05) is 25.6 Å². The highest BCUT2D eigenvalue weighted by molar-refractivity contribution is 5.74. The first-order valence-electron chi connectivity index (χ1n) is 5.76. The molecule has 0 bridgehead atoms. The molecule has 1 aliphatic rings. The Hall–Kier alpha value is -1.17. The van der Waals surface area contributed by atoms with Crippen molar-refractivity contribution in [2.75, 3.05) is 13.1 Å². The summed E-state index contributed by atoms with van der Waals surface area (Å²) in [4.78, 5) is 13.7. The number of rotatable bonds is 3. The summed E-state index contributed by atoms with van der Waals surface area (Å²) in [5, 5.41) is 2.98. The molecular weight excluding hydrogens is 188 g/mol. The van der Waals surface area contributed by atoms with Gasteiger partial charge in [-0.2, -0.15) is 0 Å².